The van der Waals surface area contributed by atoms with Crippen LogP contribution in [0.2, 0.25) is 0 Å². The lowest BCUT2D eigenvalue weighted by atomic mass is 9.93. The third-order valence-electron chi connectivity index (χ3n) is 3.16. The molecule has 0 saturated carbocycles. The molecule has 0 aliphatic carbocycles. The third kappa shape index (κ3) is 3.20. The predicted octanol–water partition coefficient (Wildman–Crippen LogP) is -2.49. The summed E-state index contributed by atoms with van der Waals surface area (Å²) < 4.78 is 0. The van der Waals surface area contributed by atoms with Crippen molar-refractivity contribution < 1.29 is 19.6 Å². The van der Waals surface area contributed by atoms with Crippen LogP contribution in [-0.2, 0) is 9.59 Å². The number of hydrogen-bond acceptors (Lipinski definition) is 3. The Morgan fingerprint density at radius 1 is 1.31 bits per heavy atom. The van der Waals surface area contributed by atoms with E-state index in [1.807, 2.05) is 0 Å². The molecule has 0 aromatic heterocycles. The van der Waals surface area contributed by atoms with Gasteiger partial charge >= 0.3 is 0 Å². The summed E-state index contributed by atoms with van der Waals surface area (Å²) in [5.41, 5.74) is -0.798. The summed E-state index contributed by atoms with van der Waals surface area (Å²) in [6.07, 6.45) is 0. The van der Waals surface area contributed by atoms with Gasteiger partial charge in [-0.2, -0.15) is 0 Å². The van der Waals surface area contributed by atoms with Gasteiger partial charge in [0, 0.05) is 6.92 Å². The van der Waals surface area contributed by atoms with Crippen molar-refractivity contribution in [1.82, 2.24) is 4.90 Å². The molecule has 0 atom stereocenters. The maximum Gasteiger partial charge on any atom is 0.219 e. The van der Waals surface area contributed by atoms with Crippen molar-refractivity contribution in [3.8, 4) is 0 Å². The van der Waals surface area contributed by atoms with Gasteiger partial charge in [-0.25, -0.2) is 0 Å². The highest BCUT2D eigenvalue weighted by molar-refractivity contribution is 5.73. The molecule has 1 N–H and O–H groups in total. The topological polar surface area (TPSA) is 64.9 Å². The lowest BCUT2D eigenvalue weighted by molar-refractivity contribution is -0.909. The van der Waals surface area contributed by atoms with E-state index in [0.717, 1.165) is 13.1 Å². The minimum atomic E-state index is -1.01. The SMILES string of the molecule is CC(=O)N1CC[NH+](CC(C)(C)C(=O)[O-])CC1. The van der Waals surface area contributed by atoms with Crippen molar-refractivity contribution in [2.75, 3.05) is 32.7 Å². The molecule has 1 aliphatic heterocycles. The van der Waals surface area contributed by atoms with Crippen molar-refractivity contribution in [3.05, 3.63) is 0 Å². The fraction of sp³-hybridized carbons (Fsp3) is 0.818. The van der Waals surface area contributed by atoms with Crippen LogP contribution in [0.25, 0.3) is 0 Å². The smallest absolute Gasteiger partial charge is 0.219 e. The van der Waals surface area contributed by atoms with Crippen LogP contribution in [0.4, 0.5) is 0 Å². The molecule has 0 aromatic carbocycles. The normalized spacial score (nSPS) is 18.6. The number of aliphatic carboxylic acids is 1. The van der Waals surface area contributed by atoms with Crippen LogP contribution in [0, 0.1) is 5.41 Å². The van der Waals surface area contributed by atoms with Gasteiger partial charge in [-0.3, -0.25) is 4.79 Å². The average Bonchev–Trinajstić information content (AvgIpc) is 2.17. The average molecular weight is 228 g/mol. The Morgan fingerprint density at radius 2 is 1.81 bits per heavy atom. The lowest BCUT2D eigenvalue weighted by Crippen LogP contribution is -3.16. The number of amides is 1. The van der Waals surface area contributed by atoms with Gasteiger partial charge in [-0.1, -0.05) is 0 Å². The van der Waals surface area contributed by atoms with Crippen LogP contribution < -0.4 is 10.0 Å². The quantitative estimate of drug-likeness (QED) is 0.581. The van der Waals surface area contributed by atoms with E-state index < -0.39 is 11.4 Å². The van der Waals surface area contributed by atoms with E-state index in [4.69, 9.17) is 0 Å². The van der Waals surface area contributed by atoms with Crippen molar-refractivity contribution in [3.63, 3.8) is 0 Å². The first kappa shape index (κ1) is 13.0. The number of carbonyl (C=O) groups excluding carboxylic acids is 2. The number of nitrogens with zero attached hydrogens (tertiary/aromatic N) is 1. The molecule has 0 aromatic rings. The third-order valence-corrected chi connectivity index (χ3v) is 3.16. The van der Waals surface area contributed by atoms with E-state index in [0.29, 0.717) is 19.6 Å². The van der Waals surface area contributed by atoms with E-state index in [2.05, 4.69) is 0 Å². The Hall–Kier alpha value is -1.10. The molecule has 1 saturated heterocycles. The zero-order valence-corrected chi connectivity index (χ0v) is 10.2. The molecule has 1 fully saturated rings. The highest BCUT2D eigenvalue weighted by Crippen LogP contribution is 2.10. The molecular weight excluding hydrogens is 208 g/mol. The second kappa shape index (κ2) is 4.82. The van der Waals surface area contributed by atoms with Crippen molar-refractivity contribution in [1.29, 1.82) is 0 Å². The van der Waals surface area contributed by atoms with Gasteiger partial charge in [0.2, 0.25) is 5.91 Å². The number of piperazine rings is 1. The minimum Gasteiger partial charge on any atom is -0.549 e. The molecule has 0 unspecified atom stereocenters. The molecule has 16 heavy (non-hydrogen) atoms. The van der Waals surface area contributed by atoms with Crippen LogP contribution in [0.5, 0.6) is 0 Å². The number of nitrogens with one attached hydrogen (secondary N) is 1. The van der Waals surface area contributed by atoms with Crippen molar-refractivity contribution in [2.45, 2.75) is 20.8 Å². The maximum absolute atomic E-state index is 11.1. The monoisotopic (exact) mass is 228 g/mol. The van der Waals surface area contributed by atoms with Crippen molar-refractivity contribution in [2.24, 2.45) is 5.41 Å². The molecular formula is C11H20N2O3. The molecule has 0 bridgehead atoms. The van der Waals surface area contributed by atoms with Gasteiger partial charge in [0.15, 0.2) is 0 Å². The van der Waals surface area contributed by atoms with E-state index in [-0.39, 0.29) is 5.91 Å². The number of quaternary nitrogens is 1. The highest BCUT2D eigenvalue weighted by Gasteiger charge is 2.29. The molecule has 92 valence electrons. The summed E-state index contributed by atoms with van der Waals surface area (Å²) in [4.78, 5) is 25.0. The highest BCUT2D eigenvalue weighted by atomic mass is 16.4. The number of hydrogen-bond donors (Lipinski definition) is 1. The first-order valence-corrected chi connectivity index (χ1v) is 5.63. The van der Waals surface area contributed by atoms with Gasteiger partial charge in [-0.05, 0) is 13.8 Å². The van der Waals surface area contributed by atoms with Gasteiger partial charge in [0.05, 0.1) is 44.1 Å². The van der Waals surface area contributed by atoms with E-state index >= 15 is 0 Å². The fourth-order valence-corrected chi connectivity index (χ4v) is 2.01. The van der Waals surface area contributed by atoms with Crippen LogP contribution >= 0.6 is 0 Å². The summed E-state index contributed by atoms with van der Waals surface area (Å²) in [7, 11) is 0. The maximum atomic E-state index is 11.1. The Morgan fingerprint density at radius 3 is 2.19 bits per heavy atom. The molecule has 1 aliphatic rings. The standard InChI is InChI=1S/C11H20N2O3/c1-9(14)13-6-4-12(5-7-13)8-11(2,3)10(15)16/h4-8H2,1-3H3,(H,15,16). The zero-order valence-electron chi connectivity index (χ0n) is 10.2. The molecule has 0 spiro atoms. The van der Waals surface area contributed by atoms with Crippen LogP contribution in [0.1, 0.15) is 20.8 Å². The number of carboxylic acid groups (broad SMARTS) is 1. The zero-order chi connectivity index (χ0) is 12.3. The van der Waals surface area contributed by atoms with Crippen LogP contribution in [-0.4, -0.2) is 49.5 Å². The van der Waals surface area contributed by atoms with E-state index in [9.17, 15) is 14.7 Å². The molecule has 1 rings (SSSR count). The minimum absolute atomic E-state index is 0.0956. The summed E-state index contributed by atoms with van der Waals surface area (Å²) in [5, 5.41) is 10.9. The molecule has 5 nitrogen and oxygen atoms in total. The second-order valence-corrected chi connectivity index (χ2v) is 5.10. The summed E-state index contributed by atoms with van der Waals surface area (Å²) in [6, 6.07) is 0. The Labute approximate surface area is 96.0 Å². The number of carbonyl (C=O) groups is 2. The van der Waals surface area contributed by atoms with Crippen LogP contribution in [0.15, 0.2) is 0 Å². The summed E-state index contributed by atoms with van der Waals surface area (Å²) >= 11 is 0. The first-order chi connectivity index (χ1) is 7.33. The molecule has 1 heterocycles. The molecule has 0 radical (unpaired) electrons. The summed E-state index contributed by atoms with van der Waals surface area (Å²) in [5.74, 6) is -0.910. The van der Waals surface area contributed by atoms with Gasteiger partial charge < -0.3 is 19.7 Å². The van der Waals surface area contributed by atoms with Gasteiger partial charge in [0.25, 0.3) is 0 Å². The van der Waals surface area contributed by atoms with Crippen molar-refractivity contribution >= 4 is 11.9 Å². The predicted molar refractivity (Wildman–Crippen MR) is 56.6 cm³/mol. The molecule has 5 heteroatoms. The van der Waals surface area contributed by atoms with E-state index in [1.54, 1.807) is 25.7 Å². The first-order valence-electron chi connectivity index (χ1n) is 5.63. The fourth-order valence-electron chi connectivity index (χ4n) is 2.01. The van der Waals surface area contributed by atoms with Gasteiger partial charge in [0.1, 0.15) is 0 Å². The van der Waals surface area contributed by atoms with Gasteiger partial charge in [-0.15, -0.1) is 0 Å². The largest absolute Gasteiger partial charge is 0.549 e. The Bertz CT molecular complexity index is 281. The van der Waals surface area contributed by atoms with E-state index in [1.165, 1.54) is 4.90 Å². The number of carboxylic acids is 1. The van der Waals surface area contributed by atoms with Crippen LogP contribution in [0.3, 0.4) is 0 Å². The number of rotatable bonds is 3. The Kier molecular flexibility index (Phi) is 3.91. The summed E-state index contributed by atoms with van der Waals surface area (Å²) in [6.45, 7) is 8.56. The Balaban J connectivity index is 2.43. The second-order valence-electron chi connectivity index (χ2n) is 5.10. The molecule has 1 amide bonds. The lowest BCUT2D eigenvalue weighted by Gasteiger charge is -2.36.